The highest BCUT2D eigenvalue weighted by atomic mass is 35.5. The molecule has 0 N–H and O–H groups in total. The van der Waals surface area contributed by atoms with Crippen molar-refractivity contribution < 1.29 is 8.78 Å². The Hall–Kier alpha value is -3.89. The van der Waals surface area contributed by atoms with E-state index >= 15 is 0 Å². The van der Waals surface area contributed by atoms with Gasteiger partial charge in [0.2, 0.25) is 0 Å². The van der Waals surface area contributed by atoms with Crippen LogP contribution in [0.2, 0.25) is 0 Å². The number of fused-ring (bicyclic) bond motifs is 5. The first-order chi connectivity index (χ1) is 18.1. The van der Waals surface area contributed by atoms with E-state index in [1.54, 1.807) is 24.0 Å². The van der Waals surface area contributed by atoms with Gasteiger partial charge in [-0.15, -0.1) is 12.4 Å². The van der Waals surface area contributed by atoms with E-state index in [1.807, 2.05) is 24.4 Å². The van der Waals surface area contributed by atoms with E-state index in [9.17, 15) is 8.78 Å². The summed E-state index contributed by atoms with van der Waals surface area (Å²) in [5, 5.41) is 3.56. The van der Waals surface area contributed by atoms with Gasteiger partial charge in [-0.25, -0.2) is 8.78 Å². The van der Waals surface area contributed by atoms with Crippen molar-refractivity contribution >= 4 is 39.7 Å². The standard InChI is InChI=1S/C25H20F2.C8H6N2.ClH/c1-15-12-19(17-8-11-23(26)24(27)14-17)13-18-7-9-21-20-5-3-2-4-16(20)6-10-22(21)25(15)18;1-2-7-6-9-5-3-8(7)10-4-1;/h3,5,7-9,11-14H,2,4,6,10H2,1H3;1-6H;1H. The summed E-state index contributed by atoms with van der Waals surface area (Å²) >= 11 is 0. The Bertz CT molecular complexity index is 1660. The molecule has 0 saturated heterocycles. The predicted octanol–water partition coefficient (Wildman–Crippen LogP) is 9.19. The second kappa shape index (κ2) is 10.8. The minimum absolute atomic E-state index is 0. The first-order valence-corrected chi connectivity index (χ1v) is 12.6. The molecule has 2 aliphatic carbocycles. The SMILES string of the molecule is Cc1cc(-c2ccc(F)c(F)c2)cc2ccc3c(c12)CCC1=C3C=CCC1.Cl.c1cnc2ccncc2c1. The monoisotopic (exact) mass is 524 g/mol. The van der Waals surface area contributed by atoms with Crippen LogP contribution in [-0.2, 0) is 6.42 Å². The van der Waals surface area contributed by atoms with Crippen LogP contribution in [0.4, 0.5) is 8.78 Å². The van der Waals surface area contributed by atoms with Crippen LogP contribution in [0.3, 0.4) is 0 Å². The fraction of sp³-hybridized carbons (Fsp3) is 0.152. The summed E-state index contributed by atoms with van der Waals surface area (Å²) in [5.41, 5.74) is 9.60. The highest BCUT2D eigenvalue weighted by Crippen LogP contribution is 2.41. The molecule has 5 aromatic rings. The van der Waals surface area contributed by atoms with E-state index in [0.29, 0.717) is 5.56 Å². The molecule has 2 aliphatic rings. The molecule has 0 fully saturated rings. The zero-order chi connectivity index (χ0) is 25.4. The quantitative estimate of drug-likeness (QED) is 0.218. The van der Waals surface area contributed by atoms with E-state index in [1.165, 1.54) is 46.2 Å². The Morgan fingerprint density at radius 1 is 0.789 bits per heavy atom. The number of benzene rings is 3. The smallest absolute Gasteiger partial charge is 0.159 e. The van der Waals surface area contributed by atoms with Gasteiger partial charge in [-0.05, 0) is 113 Å². The number of rotatable bonds is 1. The first-order valence-electron chi connectivity index (χ1n) is 12.6. The molecule has 0 spiro atoms. The molecular formula is C33H27ClF2N2. The normalized spacial score (nSPS) is 13.9. The Balaban J connectivity index is 0.000000225. The largest absolute Gasteiger partial charge is 0.264 e. The van der Waals surface area contributed by atoms with Crippen LogP contribution in [0, 0.1) is 18.6 Å². The molecule has 0 aliphatic heterocycles. The van der Waals surface area contributed by atoms with Gasteiger partial charge >= 0.3 is 0 Å². The molecule has 3 aromatic carbocycles. The summed E-state index contributed by atoms with van der Waals surface area (Å²) in [4.78, 5) is 8.11. The van der Waals surface area contributed by atoms with Crippen LogP contribution in [-0.4, -0.2) is 9.97 Å². The van der Waals surface area contributed by atoms with Gasteiger partial charge in [-0.3, -0.25) is 9.97 Å². The number of allylic oxidation sites excluding steroid dienone is 4. The van der Waals surface area contributed by atoms with Crippen molar-refractivity contribution in [2.45, 2.75) is 32.6 Å². The predicted molar refractivity (Wildman–Crippen MR) is 154 cm³/mol. The zero-order valence-corrected chi connectivity index (χ0v) is 21.9. The lowest BCUT2D eigenvalue weighted by molar-refractivity contribution is 0.509. The third-order valence-electron chi connectivity index (χ3n) is 7.32. The summed E-state index contributed by atoms with van der Waals surface area (Å²) in [6, 6.07) is 18.5. The number of hydrogen-bond donors (Lipinski definition) is 0. The Labute approximate surface area is 227 Å². The number of aromatic nitrogens is 2. The zero-order valence-electron chi connectivity index (χ0n) is 21.0. The van der Waals surface area contributed by atoms with Crippen molar-refractivity contribution in [3.63, 3.8) is 0 Å². The maximum atomic E-state index is 13.7. The first kappa shape index (κ1) is 25.7. The number of hydrogen-bond acceptors (Lipinski definition) is 2. The van der Waals surface area contributed by atoms with Crippen molar-refractivity contribution in [1.82, 2.24) is 9.97 Å². The Morgan fingerprint density at radius 3 is 2.53 bits per heavy atom. The van der Waals surface area contributed by atoms with Gasteiger partial charge in [-0.2, -0.15) is 0 Å². The lowest BCUT2D eigenvalue weighted by atomic mass is 9.78. The molecule has 0 unspecified atom stereocenters. The second-order valence-electron chi connectivity index (χ2n) is 9.64. The van der Waals surface area contributed by atoms with E-state index < -0.39 is 11.6 Å². The van der Waals surface area contributed by atoms with Crippen LogP contribution < -0.4 is 0 Å². The van der Waals surface area contributed by atoms with Crippen LogP contribution in [0.5, 0.6) is 0 Å². The molecule has 190 valence electrons. The summed E-state index contributed by atoms with van der Waals surface area (Å²) in [5.74, 6) is -1.62. The van der Waals surface area contributed by atoms with Gasteiger partial charge < -0.3 is 0 Å². The highest BCUT2D eigenvalue weighted by Gasteiger charge is 2.21. The summed E-state index contributed by atoms with van der Waals surface area (Å²) in [6.45, 7) is 2.12. The molecule has 0 amide bonds. The van der Waals surface area contributed by atoms with E-state index in [-0.39, 0.29) is 12.4 Å². The van der Waals surface area contributed by atoms with Gasteiger partial charge in [-0.1, -0.05) is 42.0 Å². The molecule has 38 heavy (non-hydrogen) atoms. The van der Waals surface area contributed by atoms with Crippen molar-refractivity contribution in [3.05, 3.63) is 125 Å². The molecule has 0 saturated carbocycles. The van der Waals surface area contributed by atoms with Crippen molar-refractivity contribution in [2.24, 2.45) is 0 Å². The van der Waals surface area contributed by atoms with Gasteiger partial charge in [0.05, 0.1) is 5.52 Å². The molecule has 0 bridgehead atoms. The molecule has 2 nitrogen and oxygen atoms in total. The number of halogens is 3. The Morgan fingerprint density at radius 2 is 1.68 bits per heavy atom. The third-order valence-corrected chi connectivity index (χ3v) is 7.32. The molecule has 0 radical (unpaired) electrons. The van der Waals surface area contributed by atoms with Crippen LogP contribution >= 0.6 is 12.4 Å². The molecular weight excluding hydrogens is 498 g/mol. The number of nitrogens with zero attached hydrogens (tertiary/aromatic N) is 2. The average molecular weight is 525 g/mol. The van der Waals surface area contributed by atoms with Gasteiger partial charge in [0.25, 0.3) is 0 Å². The minimum Gasteiger partial charge on any atom is -0.264 e. The van der Waals surface area contributed by atoms with Crippen molar-refractivity contribution in [3.8, 4) is 11.1 Å². The lowest BCUT2D eigenvalue weighted by Crippen LogP contribution is -2.07. The maximum Gasteiger partial charge on any atom is 0.159 e. The molecule has 2 aromatic heterocycles. The van der Waals surface area contributed by atoms with E-state index in [4.69, 9.17) is 0 Å². The molecule has 7 rings (SSSR count). The Kier molecular flexibility index (Phi) is 7.35. The topological polar surface area (TPSA) is 25.8 Å². The third kappa shape index (κ3) is 4.84. The fourth-order valence-corrected chi connectivity index (χ4v) is 5.56. The van der Waals surface area contributed by atoms with Gasteiger partial charge in [0.15, 0.2) is 11.6 Å². The number of aryl methyl sites for hydroxylation is 2. The minimum atomic E-state index is -0.810. The van der Waals surface area contributed by atoms with Gasteiger partial charge in [0, 0.05) is 24.0 Å². The van der Waals surface area contributed by atoms with Crippen molar-refractivity contribution in [1.29, 1.82) is 0 Å². The van der Waals surface area contributed by atoms with Crippen LogP contribution in [0.15, 0.2) is 97.0 Å². The maximum absolute atomic E-state index is 13.7. The highest BCUT2D eigenvalue weighted by molar-refractivity contribution is 5.98. The van der Waals surface area contributed by atoms with Crippen molar-refractivity contribution in [2.75, 3.05) is 0 Å². The molecule has 2 heterocycles. The summed E-state index contributed by atoms with van der Waals surface area (Å²) in [6.07, 6.45) is 14.4. The van der Waals surface area contributed by atoms with Crippen LogP contribution in [0.1, 0.15) is 36.0 Å². The van der Waals surface area contributed by atoms with E-state index in [2.05, 4.69) is 53.3 Å². The average Bonchev–Trinajstić information content (AvgIpc) is 2.94. The lowest BCUT2D eigenvalue weighted by Gasteiger charge is -2.26. The van der Waals surface area contributed by atoms with Crippen LogP contribution in [0.25, 0.3) is 38.4 Å². The molecule has 0 atom stereocenters. The fourth-order valence-electron chi connectivity index (χ4n) is 5.56. The van der Waals surface area contributed by atoms with E-state index in [0.717, 1.165) is 41.1 Å². The summed E-state index contributed by atoms with van der Waals surface area (Å²) < 4.78 is 27.0. The summed E-state index contributed by atoms with van der Waals surface area (Å²) in [7, 11) is 0. The second-order valence-corrected chi connectivity index (χ2v) is 9.64. The molecule has 5 heteroatoms. The number of pyridine rings is 2. The van der Waals surface area contributed by atoms with Gasteiger partial charge in [0.1, 0.15) is 0 Å².